The second kappa shape index (κ2) is 9.78. The van der Waals surface area contributed by atoms with Gasteiger partial charge in [0.15, 0.2) is 5.65 Å². The lowest BCUT2D eigenvalue weighted by molar-refractivity contribution is 0.101. The number of amides is 1. The van der Waals surface area contributed by atoms with E-state index in [1.807, 2.05) is 49.4 Å². The van der Waals surface area contributed by atoms with Gasteiger partial charge in [0.2, 0.25) is 5.82 Å². The molecule has 35 heavy (non-hydrogen) atoms. The first-order chi connectivity index (χ1) is 17.1. The zero-order valence-corrected chi connectivity index (χ0v) is 20.5. The van der Waals surface area contributed by atoms with E-state index in [4.69, 9.17) is 14.7 Å². The van der Waals surface area contributed by atoms with Crippen LogP contribution in [0.15, 0.2) is 54.6 Å². The van der Waals surface area contributed by atoms with E-state index in [-0.39, 0.29) is 11.7 Å². The minimum absolute atomic E-state index is 0.152. The number of anilines is 2. The molecule has 7 nitrogen and oxygen atoms in total. The number of piperidine rings is 1. The third kappa shape index (κ3) is 4.34. The van der Waals surface area contributed by atoms with Crippen molar-refractivity contribution in [3.05, 3.63) is 71.7 Å². The normalized spacial score (nSPS) is 13.7. The SMILES string of the molecule is CCOc1ccccc1NC(=O)c1nc(N2CCCCC2)c2c(C)c(C)n(-c3ccccc3)c2n1. The van der Waals surface area contributed by atoms with Gasteiger partial charge < -0.3 is 15.0 Å². The molecule has 3 heterocycles. The molecule has 1 fully saturated rings. The van der Waals surface area contributed by atoms with Crippen LogP contribution in [0.25, 0.3) is 16.7 Å². The van der Waals surface area contributed by atoms with E-state index in [2.05, 4.69) is 40.8 Å². The van der Waals surface area contributed by atoms with Gasteiger partial charge in [-0.3, -0.25) is 9.36 Å². The molecule has 0 saturated carbocycles. The van der Waals surface area contributed by atoms with E-state index >= 15 is 0 Å². The maximum Gasteiger partial charge on any atom is 0.293 e. The summed E-state index contributed by atoms with van der Waals surface area (Å²) in [5.74, 6) is 1.26. The molecule has 4 aromatic rings. The molecule has 1 saturated heterocycles. The van der Waals surface area contributed by atoms with Crippen molar-refractivity contribution in [2.75, 3.05) is 29.9 Å². The third-order valence-electron chi connectivity index (χ3n) is 6.64. The van der Waals surface area contributed by atoms with Crippen LogP contribution >= 0.6 is 0 Å². The fourth-order valence-corrected chi connectivity index (χ4v) is 4.80. The molecule has 2 aromatic carbocycles. The van der Waals surface area contributed by atoms with Crippen molar-refractivity contribution in [2.45, 2.75) is 40.0 Å². The van der Waals surface area contributed by atoms with Crippen molar-refractivity contribution >= 4 is 28.4 Å². The summed E-state index contributed by atoms with van der Waals surface area (Å²) in [5.41, 5.74) is 4.61. The van der Waals surface area contributed by atoms with Gasteiger partial charge in [0.25, 0.3) is 5.91 Å². The van der Waals surface area contributed by atoms with Gasteiger partial charge in [-0.2, -0.15) is 0 Å². The van der Waals surface area contributed by atoms with Gasteiger partial charge in [-0.1, -0.05) is 30.3 Å². The summed E-state index contributed by atoms with van der Waals surface area (Å²) in [6, 6.07) is 17.6. The van der Waals surface area contributed by atoms with Gasteiger partial charge in [0, 0.05) is 24.5 Å². The average molecular weight is 470 g/mol. The van der Waals surface area contributed by atoms with Gasteiger partial charge in [-0.15, -0.1) is 0 Å². The van der Waals surface area contributed by atoms with Gasteiger partial charge in [-0.25, -0.2) is 9.97 Å². The Kier molecular flexibility index (Phi) is 6.40. The van der Waals surface area contributed by atoms with Crippen molar-refractivity contribution in [3.63, 3.8) is 0 Å². The number of fused-ring (bicyclic) bond motifs is 1. The smallest absolute Gasteiger partial charge is 0.293 e. The fourth-order valence-electron chi connectivity index (χ4n) is 4.80. The molecular formula is C28H31N5O2. The second-order valence-electron chi connectivity index (χ2n) is 8.88. The molecular weight excluding hydrogens is 438 g/mol. The molecule has 1 amide bonds. The van der Waals surface area contributed by atoms with Crippen molar-refractivity contribution in [2.24, 2.45) is 0 Å². The number of carbonyl (C=O) groups is 1. The monoisotopic (exact) mass is 469 g/mol. The van der Waals surface area contributed by atoms with Gasteiger partial charge in [0.05, 0.1) is 17.7 Å². The maximum atomic E-state index is 13.5. The lowest BCUT2D eigenvalue weighted by Crippen LogP contribution is -2.31. The van der Waals surface area contributed by atoms with Gasteiger partial charge in [-0.05, 0) is 69.9 Å². The Morgan fingerprint density at radius 3 is 2.43 bits per heavy atom. The van der Waals surface area contributed by atoms with E-state index in [9.17, 15) is 4.79 Å². The number of aryl methyl sites for hydroxylation is 1. The fraction of sp³-hybridized carbons (Fsp3) is 0.321. The first-order valence-corrected chi connectivity index (χ1v) is 12.3. The molecule has 0 unspecified atom stereocenters. The average Bonchev–Trinajstić information content (AvgIpc) is 3.15. The Bertz CT molecular complexity index is 1360. The van der Waals surface area contributed by atoms with Gasteiger partial charge >= 0.3 is 0 Å². The van der Waals surface area contributed by atoms with Crippen LogP contribution in [0.5, 0.6) is 5.75 Å². The van der Waals surface area contributed by atoms with Crippen LogP contribution in [-0.2, 0) is 0 Å². The highest BCUT2D eigenvalue weighted by Gasteiger charge is 2.26. The molecule has 0 radical (unpaired) electrons. The van der Waals surface area contributed by atoms with Crippen LogP contribution in [0.1, 0.15) is 48.1 Å². The molecule has 0 aliphatic carbocycles. The Labute approximate surface area is 205 Å². The number of hydrogen-bond acceptors (Lipinski definition) is 5. The highest BCUT2D eigenvalue weighted by Crippen LogP contribution is 2.35. The first kappa shape index (κ1) is 22.9. The molecule has 180 valence electrons. The van der Waals surface area contributed by atoms with Crippen LogP contribution in [0, 0.1) is 13.8 Å². The summed E-state index contributed by atoms with van der Waals surface area (Å²) >= 11 is 0. The molecule has 0 bridgehead atoms. The van der Waals surface area contributed by atoms with Crippen LogP contribution in [0.2, 0.25) is 0 Å². The highest BCUT2D eigenvalue weighted by molar-refractivity contribution is 6.05. The highest BCUT2D eigenvalue weighted by atomic mass is 16.5. The van der Waals surface area contributed by atoms with E-state index in [0.29, 0.717) is 18.0 Å². The maximum absolute atomic E-state index is 13.5. The van der Waals surface area contributed by atoms with Crippen LogP contribution in [0.4, 0.5) is 11.5 Å². The van der Waals surface area contributed by atoms with E-state index in [1.54, 1.807) is 0 Å². The molecule has 2 aromatic heterocycles. The molecule has 0 atom stereocenters. The number of nitrogens with one attached hydrogen (secondary N) is 1. The number of rotatable bonds is 6. The number of nitrogens with zero attached hydrogens (tertiary/aromatic N) is 4. The molecule has 1 aliphatic rings. The van der Waals surface area contributed by atoms with Crippen molar-refractivity contribution in [1.29, 1.82) is 0 Å². The number of ether oxygens (including phenoxy) is 1. The lowest BCUT2D eigenvalue weighted by Gasteiger charge is -2.28. The van der Waals surface area contributed by atoms with E-state index in [0.717, 1.165) is 59.7 Å². The minimum Gasteiger partial charge on any atom is -0.492 e. The van der Waals surface area contributed by atoms with Crippen molar-refractivity contribution < 1.29 is 9.53 Å². The Hall–Kier alpha value is -3.87. The summed E-state index contributed by atoms with van der Waals surface area (Å²) in [5, 5.41) is 3.98. The molecule has 1 N–H and O–H groups in total. The van der Waals surface area contributed by atoms with Gasteiger partial charge in [0.1, 0.15) is 11.6 Å². The number of benzene rings is 2. The van der Waals surface area contributed by atoms with E-state index < -0.39 is 0 Å². The molecule has 0 spiro atoms. The summed E-state index contributed by atoms with van der Waals surface area (Å²) in [7, 11) is 0. The number of hydrogen-bond donors (Lipinski definition) is 1. The zero-order chi connectivity index (χ0) is 24.4. The topological polar surface area (TPSA) is 72.3 Å². The van der Waals surface area contributed by atoms with Crippen molar-refractivity contribution in [3.8, 4) is 11.4 Å². The summed E-state index contributed by atoms with van der Waals surface area (Å²) in [6.07, 6.45) is 3.45. The standard InChI is InChI=1S/C28H31N5O2/c1-4-35-23-16-10-9-15-22(23)29-28(34)25-30-26(32-17-11-6-12-18-32)24-19(2)20(3)33(27(24)31-25)21-13-7-5-8-14-21/h5,7-10,13-16H,4,6,11-12,17-18H2,1-3H3,(H,29,34). The number of aromatic nitrogens is 3. The number of para-hydroxylation sites is 3. The third-order valence-corrected chi connectivity index (χ3v) is 6.64. The molecule has 1 aliphatic heterocycles. The Morgan fingerprint density at radius 1 is 0.971 bits per heavy atom. The predicted molar refractivity (Wildman–Crippen MR) is 140 cm³/mol. The molecule has 7 heteroatoms. The minimum atomic E-state index is -0.353. The Morgan fingerprint density at radius 2 is 1.69 bits per heavy atom. The quantitative estimate of drug-likeness (QED) is 0.393. The lowest BCUT2D eigenvalue weighted by atomic mass is 10.1. The van der Waals surface area contributed by atoms with Crippen molar-refractivity contribution in [1.82, 2.24) is 14.5 Å². The largest absolute Gasteiger partial charge is 0.492 e. The Balaban J connectivity index is 1.66. The second-order valence-corrected chi connectivity index (χ2v) is 8.88. The van der Waals surface area contributed by atoms with Crippen LogP contribution < -0.4 is 15.0 Å². The van der Waals surface area contributed by atoms with Crippen LogP contribution in [-0.4, -0.2) is 40.1 Å². The summed E-state index contributed by atoms with van der Waals surface area (Å²) in [6.45, 7) is 8.50. The van der Waals surface area contributed by atoms with Crippen LogP contribution in [0.3, 0.4) is 0 Å². The summed E-state index contributed by atoms with van der Waals surface area (Å²) < 4.78 is 7.82. The number of carbonyl (C=O) groups excluding carboxylic acids is 1. The first-order valence-electron chi connectivity index (χ1n) is 12.3. The molecule has 5 rings (SSSR count). The predicted octanol–water partition coefficient (Wildman–Crippen LogP) is 5.68. The van der Waals surface area contributed by atoms with E-state index in [1.165, 1.54) is 6.42 Å². The summed E-state index contributed by atoms with van der Waals surface area (Å²) in [4.78, 5) is 25.5. The zero-order valence-electron chi connectivity index (χ0n) is 20.5.